The fourth-order valence-corrected chi connectivity index (χ4v) is 1.36. The van der Waals surface area contributed by atoms with Gasteiger partial charge in [0.15, 0.2) is 0 Å². The van der Waals surface area contributed by atoms with Crippen molar-refractivity contribution < 1.29 is 15.0 Å². The lowest BCUT2D eigenvalue weighted by atomic mass is 10.1. The predicted octanol–water partition coefficient (Wildman–Crippen LogP) is 2.03. The van der Waals surface area contributed by atoms with Crippen LogP contribution >= 0.6 is 0 Å². The Hall–Kier alpha value is -2.33. The summed E-state index contributed by atoms with van der Waals surface area (Å²) in [6, 6.07) is 17.4. The van der Waals surface area contributed by atoms with Crippen molar-refractivity contribution in [3.05, 3.63) is 66.2 Å². The number of rotatable bonds is 3. The normalized spacial score (nSPS) is 11.0. The number of carboxylic acid groups (broad SMARTS) is 1. The van der Waals surface area contributed by atoms with Gasteiger partial charge < -0.3 is 15.9 Å². The van der Waals surface area contributed by atoms with E-state index in [1.807, 2.05) is 36.4 Å². The highest BCUT2D eigenvalue weighted by molar-refractivity contribution is 5.73. The number of nitrogens with two attached hydrogens (primary N) is 1. The third-order valence-corrected chi connectivity index (χ3v) is 2.38. The van der Waals surface area contributed by atoms with E-state index in [0.717, 1.165) is 5.56 Å². The van der Waals surface area contributed by atoms with Crippen LogP contribution in [-0.2, 0) is 11.2 Å². The molecule has 100 valence electrons. The first-order valence-electron chi connectivity index (χ1n) is 5.86. The minimum absolute atomic E-state index is 0.160. The summed E-state index contributed by atoms with van der Waals surface area (Å²) in [7, 11) is 0. The first-order chi connectivity index (χ1) is 9.09. The molecular formula is C15H17NO3. The highest BCUT2D eigenvalue weighted by Gasteiger charge is 2.11. The molecule has 0 aliphatic rings. The molecule has 1 unspecified atom stereocenters. The molecule has 2 aromatic rings. The van der Waals surface area contributed by atoms with Crippen LogP contribution in [0.5, 0.6) is 5.75 Å². The number of aliphatic carboxylic acids is 1. The van der Waals surface area contributed by atoms with Crippen LogP contribution in [0.2, 0.25) is 0 Å². The Morgan fingerprint density at radius 3 is 1.79 bits per heavy atom. The number of phenolic OH excluding ortho intramolecular Hbond substituents is 1. The van der Waals surface area contributed by atoms with Gasteiger partial charge in [0.25, 0.3) is 0 Å². The lowest BCUT2D eigenvalue weighted by Gasteiger charge is -2.05. The molecule has 0 bridgehead atoms. The van der Waals surface area contributed by atoms with Crippen molar-refractivity contribution in [2.45, 2.75) is 12.5 Å². The second-order valence-electron chi connectivity index (χ2n) is 3.97. The first-order valence-corrected chi connectivity index (χ1v) is 5.86. The van der Waals surface area contributed by atoms with Gasteiger partial charge in [-0.1, -0.05) is 48.5 Å². The van der Waals surface area contributed by atoms with Crippen LogP contribution in [-0.4, -0.2) is 22.2 Å². The van der Waals surface area contributed by atoms with Crippen molar-refractivity contribution >= 4 is 5.97 Å². The van der Waals surface area contributed by atoms with Crippen molar-refractivity contribution in [1.29, 1.82) is 0 Å². The van der Waals surface area contributed by atoms with Gasteiger partial charge in [-0.15, -0.1) is 0 Å². The van der Waals surface area contributed by atoms with Gasteiger partial charge >= 0.3 is 5.97 Å². The minimum atomic E-state index is -1.02. The maximum atomic E-state index is 10.4. The lowest BCUT2D eigenvalue weighted by Crippen LogP contribution is -2.32. The van der Waals surface area contributed by atoms with Crippen LogP contribution in [0.1, 0.15) is 5.56 Å². The Morgan fingerprint density at radius 2 is 1.42 bits per heavy atom. The maximum Gasteiger partial charge on any atom is 0.320 e. The van der Waals surface area contributed by atoms with Gasteiger partial charge in [0, 0.05) is 0 Å². The third kappa shape index (κ3) is 6.24. The summed E-state index contributed by atoms with van der Waals surface area (Å²) in [6.07, 6.45) is 0.273. The van der Waals surface area contributed by atoms with Gasteiger partial charge in [0.2, 0.25) is 0 Å². The quantitative estimate of drug-likeness (QED) is 0.787. The molecule has 0 aliphatic heterocycles. The fraction of sp³-hybridized carbons (Fsp3) is 0.133. The average Bonchev–Trinajstić information content (AvgIpc) is 2.44. The fourth-order valence-electron chi connectivity index (χ4n) is 1.36. The van der Waals surface area contributed by atoms with Gasteiger partial charge in [-0.25, -0.2) is 0 Å². The van der Waals surface area contributed by atoms with Crippen molar-refractivity contribution in [3.63, 3.8) is 0 Å². The number of hydrogen-bond donors (Lipinski definition) is 3. The average molecular weight is 259 g/mol. The number of benzene rings is 2. The second-order valence-corrected chi connectivity index (χ2v) is 3.97. The zero-order chi connectivity index (χ0) is 14.1. The summed E-state index contributed by atoms with van der Waals surface area (Å²) in [5.41, 5.74) is 6.12. The molecule has 4 heteroatoms. The maximum absolute atomic E-state index is 10.4. The van der Waals surface area contributed by atoms with Crippen molar-refractivity contribution in [2.24, 2.45) is 5.73 Å². The number of carbonyl (C=O) groups is 1. The second kappa shape index (κ2) is 7.89. The topological polar surface area (TPSA) is 83.5 Å². The smallest absolute Gasteiger partial charge is 0.320 e. The van der Waals surface area contributed by atoms with Crippen LogP contribution in [0.15, 0.2) is 60.7 Å². The number of carboxylic acids is 1. The van der Waals surface area contributed by atoms with E-state index in [0.29, 0.717) is 0 Å². The van der Waals surface area contributed by atoms with Gasteiger partial charge in [0.05, 0.1) is 0 Å². The molecule has 0 spiro atoms. The largest absolute Gasteiger partial charge is 0.508 e. The molecule has 0 saturated carbocycles. The molecule has 2 aromatic carbocycles. The lowest BCUT2D eigenvalue weighted by molar-refractivity contribution is -0.138. The van der Waals surface area contributed by atoms with Gasteiger partial charge in [-0.2, -0.15) is 0 Å². The Kier molecular flexibility index (Phi) is 6.12. The molecule has 0 amide bonds. The van der Waals surface area contributed by atoms with Crippen LogP contribution in [0.3, 0.4) is 0 Å². The molecule has 0 aromatic heterocycles. The molecule has 0 fully saturated rings. The molecular weight excluding hydrogens is 242 g/mol. The van der Waals surface area contributed by atoms with Crippen LogP contribution in [0, 0.1) is 0 Å². The highest BCUT2D eigenvalue weighted by Crippen LogP contribution is 2.10. The minimum Gasteiger partial charge on any atom is -0.508 e. The molecule has 1 atom stereocenters. The van der Waals surface area contributed by atoms with E-state index < -0.39 is 12.0 Å². The molecule has 0 radical (unpaired) electrons. The summed E-state index contributed by atoms with van der Waals surface area (Å²) in [5, 5.41) is 17.5. The predicted molar refractivity (Wildman–Crippen MR) is 73.9 cm³/mol. The summed E-state index contributed by atoms with van der Waals surface area (Å²) in [5.74, 6) is -0.860. The highest BCUT2D eigenvalue weighted by atomic mass is 16.4. The summed E-state index contributed by atoms with van der Waals surface area (Å²) in [4.78, 5) is 10.4. The number of hydrogen-bond acceptors (Lipinski definition) is 3. The molecule has 19 heavy (non-hydrogen) atoms. The summed E-state index contributed by atoms with van der Waals surface area (Å²) in [6.45, 7) is 0. The van der Waals surface area contributed by atoms with Crippen molar-refractivity contribution in [1.82, 2.24) is 0 Å². The summed E-state index contributed by atoms with van der Waals surface area (Å²) < 4.78 is 0. The Labute approximate surface area is 112 Å². The van der Waals surface area contributed by atoms with Crippen LogP contribution in [0.25, 0.3) is 0 Å². The number of phenols is 1. The molecule has 4 nitrogen and oxygen atoms in total. The number of aromatic hydroxyl groups is 1. The van der Waals surface area contributed by atoms with Crippen LogP contribution < -0.4 is 5.73 Å². The van der Waals surface area contributed by atoms with Crippen molar-refractivity contribution in [2.75, 3.05) is 0 Å². The molecule has 2 rings (SSSR count). The third-order valence-electron chi connectivity index (χ3n) is 2.38. The molecule has 0 aliphatic carbocycles. The van der Waals surface area contributed by atoms with E-state index in [-0.39, 0.29) is 12.2 Å². The first kappa shape index (κ1) is 14.7. The standard InChI is InChI=1S/C9H11NO3.C6H6/c10-8(9(12)13)5-6-1-3-7(11)4-2-6;1-2-4-6-5-3-1/h1-4,8,11H,5,10H2,(H,12,13);1-6H. The monoisotopic (exact) mass is 259 g/mol. The Balaban J connectivity index is 0.000000250. The van der Waals surface area contributed by atoms with E-state index in [4.69, 9.17) is 15.9 Å². The van der Waals surface area contributed by atoms with Gasteiger partial charge in [0.1, 0.15) is 11.8 Å². The van der Waals surface area contributed by atoms with E-state index in [1.165, 1.54) is 12.1 Å². The van der Waals surface area contributed by atoms with Crippen LogP contribution in [0.4, 0.5) is 0 Å². The Morgan fingerprint density at radius 1 is 1.00 bits per heavy atom. The summed E-state index contributed by atoms with van der Waals surface area (Å²) >= 11 is 0. The molecule has 4 N–H and O–H groups in total. The Bertz CT molecular complexity index is 456. The van der Waals surface area contributed by atoms with Gasteiger partial charge in [-0.3, -0.25) is 4.79 Å². The van der Waals surface area contributed by atoms with E-state index in [1.54, 1.807) is 12.1 Å². The zero-order valence-corrected chi connectivity index (χ0v) is 10.4. The molecule has 0 heterocycles. The van der Waals surface area contributed by atoms with Gasteiger partial charge in [-0.05, 0) is 24.1 Å². The molecule has 0 saturated heterocycles. The zero-order valence-electron chi connectivity index (χ0n) is 10.4. The van der Waals surface area contributed by atoms with E-state index in [2.05, 4.69) is 0 Å². The van der Waals surface area contributed by atoms with E-state index >= 15 is 0 Å². The van der Waals surface area contributed by atoms with Crippen molar-refractivity contribution in [3.8, 4) is 5.75 Å². The SMILES string of the molecule is NC(Cc1ccc(O)cc1)C(=O)O.c1ccccc1. The van der Waals surface area contributed by atoms with E-state index in [9.17, 15) is 4.79 Å².